The Kier molecular flexibility index (Phi) is 9.53. The number of rotatable bonds is 7. The molecule has 0 atom stereocenters. The lowest BCUT2D eigenvalue weighted by atomic mass is 9.89. The zero-order chi connectivity index (χ0) is 46.8. The molecule has 0 fully saturated rings. The maximum atomic E-state index is 6.40. The smallest absolute Gasteiger partial charge is 0.160 e. The number of para-hydroxylation sites is 2. The highest BCUT2D eigenvalue weighted by Gasteiger charge is 2.18. The molecule has 0 saturated heterocycles. The van der Waals surface area contributed by atoms with Gasteiger partial charge in [0, 0.05) is 33.0 Å². The summed E-state index contributed by atoms with van der Waals surface area (Å²) in [5.74, 6) is 0.685. The van der Waals surface area contributed by atoms with Crippen molar-refractivity contribution in [2.45, 2.75) is 0 Å². The molecule has 3 nitrogen and oxygen atoms in total. The molecule has 2 aromatic heterocycles. The maximum absolute atomic E-state index is 6.40. The van der Waals surface area contributed by atoms with Gasteiger partial charge in [-0.3, -0.25) is 0 Å². The van der Waals surface area contributed by atoms with Gasteiger partial charge in [0.15, 0.2) is 5.82 Å². The molecule has 0 aliphatic carbocycles. The average molecular weight is 903 g/mol. The molecule has 0 aliphatic heterocycles. The molecular weight excluding hydrogens is 861 g/mol. The normalized spacial score (nSPS) is 11.7. The Morgan fingerprint density at radius 2 is 0.803 bits per heavy atom. The van der Waals surface area contributed by atoms with Gasteiger partial charge in [-0.25, -0.2) is 9.97 Å². The predicted octanol–water partition coefficient (Wildman–Crippen LogP) is 18.7. The van der Waals surface area contributed by atoms with Crippen LogP contribution in [-0.2, 0) is 0 Å². The maximum Gasteiger partial charge on any atom is 0.160 e. The summed E-state index contributed by atoms with van der Waals surface area (Å²) >= 11 is 0. The molecule has 0 saturated carbocycles. The van der Waals surface area contributed by atoms with Gasteiger partial charge in [-0.2, -0.15) is 0 Å². The fourth-order valence-electron chi connectivity index (χ4n) is 10.8. The van der Waals surface area contributed by atoms with Crippen LogP contribution in [0.4, 0.5) is 0 Å². The molecule has 0 amide bonds. The third-order valence-corrected chi connectivity index (χ3v) is 14.3. The van der Waals surface area contributed by atoms with E-state index in [-0.39, 0.29) is 0 Å². The number of hydrogen-bond donors (Lipinski definition) is 0. The van der Waals surface area contributed by atoms with E-state index in [0.29, 0.717) is 5.82 Å². The van der Waals surface area contributed by atoms with Crippen molar-refractivity contribution in [2.24, 2.45) is 0 Å². The van der Waals surface area contributed by atoms with Crippen molar-refractivity contribution in [3.8, 4) is 78.4 Å². The minimum atomic E-state index is 0.685. The van der Waals surface area contributed by atoms with Crippen molar-refractivity contribution in [1.29, 1.82) is 0 Å². The lowest BCUT2D eigenvalue weighted by Gasteiger charge is -2.15. The van der Waals surface area contributed by atoms with Gasteiger partial charge in [0.25, 0.3) is 0 Å². The highest BCUT2D eigenvalue weighted by Crippen LogP contribution is 2.42. The van der Waals surface area contributed by atoms with Gasteiger partial charge < -0.3 is 4.42 Å². The third-order valence-electron chi connectivity index (χ3n) is 14.3. The highest BCUT2D eigenvalue weighted by atomic mass is 16.3. The van der Waals surface area contributed by atoms with Crippen LogP contribution in [0.15, 0.2) is 259 Å². The van der Waals surface area contributed by atoms with E-state index in [0.717, 1.165) is 72.1 Å². The number of hydrogen-bond acceptors (Lipinski definition) is 3. The summed E-state index contributed by atoms with van der Waals surface area (Å²) in [5, 5.41) is 12.2. The van der Waals surface area contributed by atoms with Crippen molar-refractivity contribution in [1.82, 2.24) is 9.97 Å². The zero-order valence-electron chi connectivity index (χ0n) is 38.6. The Morgan fingerprint density at radius 1 is 0.254 bits per heavy atom. The second-order valence-corrected chi connectivity index (χ2v) is 18.4. The van der Waals surface area contributed by atoms with E-state index in [9.17, 15) is 0 Å². The van der Waals surface area contributed by atoms with Crippen LogP contribution in [0.5, 0.6) is 0 Å². The Bertz CT molecular complexity index is 4360. The molecule has 0 N–H and O–H groups in total. The molecule has 2 heterocycles. The Morgan fingerprint density at radius 3 is 1.56 bits per heavy atom. The molecule has 3 heteroatoms. The number of aromatic nitrogens is 2. The van der Waals surface area contributed by atoms with Crippen LogP contribution in [0.1, 0.15) is 0 Å². The first kappa shape index (κ1) is 40.6. The van der Waals surface area contributed by atoms with E-state index in [1.165, 1.54) is 65.5 Å². The first-order valence-electron chi connectivity index (χ1n) is 24.2. The zero-order valence-corrected chi connectivity index (χ0v) is 38.6. The van der Waals surface area contributed by atoms with E-state index in [4.69, 9.17) is 14.4 Å². The van der Waals surface area contributed by atoms with Crippen LogP contribution in [0.3, 0.4) is 0 Å². The second-order valence-electron chi connectivity index (χ2n) is 18.4. The van der Waals surface area contributed by atoms with E-state index >= 15 is 0 Å². The molecule has 0 radical (unpaired) electrons. The molecule has 0 unspecified atom stereocenters. The summed E-state index contributed by atoms with van der Waals surface area (Å²) in [7, 11) is 0. The van der Waals surface area contributed by atoms with Gasteiger partial charge in [0.2, 0.25) is 0 Å². The van der Waals surface area contributed by atoms with Crippen molar-refractivity contribution >= 4 is 65.0 Å². The Balaban J connectivity index is 0.803. The first-order chi connectivity index (χ1) is 35.2. The number of furan rings is 1. The van der Waals surface area contributed by atoms with Crippen LogP contribution in [0, 0.1) is 0 Å². The minimum Gasteiger partial charge on any atom is -0.455 e. The van der Waals surface area contributed by atoms with Gasteiger partial charge in [0.1, 0.15) is 11.2 Å². The minimum absolute atomic E-state index is 0.685. The lowest BCUT2D eigenvalue weighted by Crippen LogP contribution is -1.97. The third kappa shape index (κ3) is 6.97. The topological polar surface area (TPSA) is 38.9 Å². The summed E-state index contributed by atoms with van der Waals surface area (Å²) in [4.78, 5) is 10.4. The summed E-state index contributed by atoms with van der Waals surface area (Å²) in [6.07, 6.45) is 0. The van der Waals surface area contributed by atoms with Crippen LogP contribution < -0.4 is 0 Å². The van der Waals surface area contributed by atoms with Gasteiger partial charge >= 0.3 is 0 Å². The number of fused-ring (bicyclic) bond motifs is 8. The highest BCUT2D eigenvalue weighted by molar-refractivity contribution is 6.20. The van der Waals surface area contributed by atoms with Crippen molar-refractivity contribution in [3.05, 3.63) is 255 Å². The fraction of sp³-hybridized carbons (Fsp3) is 0. The quantitative estimate of drug-likeness (QED) is 0.118. The average Bonchev–Trinajstić information content (AvgIpc) is 3.84. The van der Waals surface area contributed by atoms with Crippen molar-refractivity contribution in [3.63, 3.8) is 0 Å². The Hall–Kier alpha value is -9.44. The van der Waals surface area contributed by atoms with Crippen LogP contribution in [-0.4, -0.2) is 9.97 Å². The van der Waals surface area contributed by atoms with E-state index < -0.39 is 0 Å². The predicted molar refractivity (Wildman–Crippen MR) is 297 cm³/mol. The molecule has 0 bridgehead atoms. The number of nitrogens with zero attached hydrogens (tertiary/aromatic N) is 2. The van der Waals surface area contributed by atoms with E-state index in [1.54, 1.807) is 0 Å². The summed E-state index contributed by atoms with van der Waals surface area (Å²) < 4.78 is 6.40. The van der Waals surface area contributed by atoms with E-state index in [1.807, 2.05) is 30.3 Å². The molecular formula is C68H42N2O. The van der Waals surface area contributed by atoms with Crippen molar-refractivity contribution < 1.29 is 4.42 Å². The monoisotopic (exact) mass is 902 g/mol. The Labute approximate surface area is 410 Å². The van der Waals surface area contributed by atoms with Crippen LogP contribution in [0.2, 0.25) is 0 Å². The largest absolute Gasteiger partial charge is 0.455 e. The summed E-state index contributed by atoms with van der Waals surface area (Å²) in [6, 6.07) is 91.2. The van der Waals surface area contributed by atoms with Gasteiger partial charge in [0.05, 0.1) is 11.4 Å². The first-order valence-corrected chi connectivity index (χ1v) is 24.2. The lowest BCUT2D eigenvalue weighted by molar-refractivity contribution is 0.670. The molecule has 330 valence electrons. The van der Waals surface area contributed by atoms with Gasteiger partial charge in [-0.05, 0) is 100 Å². The van der Waals surface area contributed by atoms with E-state index in [2.05, 4.69) is 224 Å². The SMILES string of the molecule is c1ccc(-c2nc(-c3ccc(-c4cccc5c4oc4ccccc45)cc3)cc(-c3ccc(-c4ccc(-c5ccc(-c6c7ccccc7cc7c6ccc6ccccc67)cc5)cc4)c4ccccc34)n2)cc1. The molecule has 14 rings (SSSR count). The van der Waals surface area contributed by atoms with Crippen LogP contribution in [0.25, 0.3) is 143 Å². The van der Waals surface area contributed by atoms with Gasteiger partial charge in [-0.15, -0.1) is 0 Å². The summed E-state index contributed by atoms with van der Waals surface area (Å²) in [5.41, 5.74) is 15.9. The van der Waals surface area contributed by atoms with Crippen molar-refractivity contribution in [2.75, 3.05) is 0 Å². The molecule has 71 heavy (non-hydrogen) atoms. The van der Waals surface area contributed by atoms with Crippen LogP contribution >= 0.6 is 0 Å². The summed E-state index contributed by atoms with van der Waals surface area (Å²) in [6.45, 7) is 0. The fourth-order valence-corrected chi connectivity index (χ4v) is 10.8. The molecule has 0 spiro atoms. The van der Waals surface area contributed by atoms with Gasteiger partial charge in [-0.1, -0.05) is 237 Å². The molecule has 12 aromatic carbocycles. The standard InChI is InChI=1S/C68H42N2O/c1-2-14-50(15-3-1)68-69-63(48-33-31-47(32-34-48)55-22-12-23-61-59-21-10-11-24-65(59)71-67(55)61)42-64(70-68)58-40-39-53(56-19-8-9-20-57(56)58)46-29-25-43(26-30-46)44-27-35-49(36-28-44)66-54-18-7-5-16-51(54)41-62-52-17-6-4-13-45(52)37-38-60(62)66/h1-42H. The number of benzene rings is 12. The second kappa shape index (κ2) is 16.7. The molecule has 14 aromatic rings. The molecule has 0 aliphatic rings.